The van der Waals surface area contributed by atoms with Crippen molar-refractivity contribution in [2.24, 2.45) is 0 Å². The van der Waals surface area contributed by atoms with Crippen LogP contribution < -0.4 is 5.32 Å². The molecule has 1 amide bonds. The average molecular weight is 960 g/mol. The van der Waals surface area contributed by atoms with Gasteiger partial charge in [-0.3, -0.25) is 19.2 Å². The molecule has 3 aliphatic rings. The molecule has 0 radical (unpaired) electrons. The van der Waals surface area contributed by atoms with Gasteiger partial charge in [-0.15, -0.1) is 0 Å². The molecule has 1 saturated heterocycles. The Morgan fingerprint density at radius 1 is 0.514 bits per heavy atom. The number of H-pyrrole nitrogens is 2. The maximum Gasteiger partial charge on any atom is 0.303 e. The number of ether oxygens (including phenoxy) is 5. The first-order valence-corrected chi connectivity index (χ1v) is 23.4. The number of aromatic nitrogens is 4. The highest BCUT2D eigenvalue weighted by Crippen LogP contribution is 2.39. The number of methoxy groups -OCH3 is 1. The van der Waals surface area contributed by atoms with Crippen molar-refractivity contribution in [2.75, 3.05) is 13.7 Å². The zero-order chi connectivity index (χ0) is 49.9. The molecule has 10 rings (SSSR count). The summed E-state index contributed by atoms with van der Waals surface area (Å²) in [6.45, 7) is 3.26. The van der Waals surface area contributed by atoms with Crippen molar-refractivity contribution in [3.63, 3.8) is 0 Å². The quantitative estimate of drug-likeness (QED) is 0.0828. The van der Waals surface area contributed by atoms with Crippen molar-refractivity contribution in [1.82, 2.24) is 25.3 Å². The molecule has 0 aliphatic carbocycles. The van der Waals surface area contributed by atoms with E-state index in [1.54, 1.807) is 12.1 Å². The molecule has 72 heavy (non-hydrogen) atoms. The first kappa shape index (κ1) is 47.0. The monoisotopic (exact) mass is 959 g/mol. The Morgan fingerprint density at radius 2 is 0.903 bits per heavy atom. The predicted molar refractivity (Wildman–Crippen MR) is 275 cm³/mol. The second kappa shape index (κ2) is 20.3. The van der Waals surface area contributed by atoms with Gasteiger partial charge in [-0.05, 0) is 83.0 Å². The topological polar surface area (TPSA) is 184 Å². The maximum atomic E-state index is 14.3. The van der Waals surface area contributed by atoms with E-state index in [0.29, 0.717) is 5.69 Å². The molecule has 14 heteroatoms. The van der Waals surface area contributed by atoms with Crippen LogP contribution in [0.3, 0.4) is 0 Å². The average Bonchev–Trinajstić information content (AvgIpc) is 4.24. The number of aromatic amines is 2. The van der Waals surface area contributed by atoms with Gasteiger partial charge in [0.05, 0.1) is 22.8 Å². The standard InChI is InChI=1S/C58H49N5O9/c1-33(64)69-32-49-55(70-34(2)65)56(71-35(3)66)54(58(68-4)72-49)63-57(67)40-22-20-39(21-23-40)53-47-30-28-45(61-47)51(37-16-10-6-11-17-37)43-26-24-41(59-43)50(36-14-8-5-9-15-36)42-25-27-44(60-42)52(38-18-12-7-13-19-38)46-29-31-48(53)62-46/h5-31,49,54-56,58-59,62H,32H2,1-4H3,(H,63,67)/t49-,54-,55-,56-,58-/m1/s1. The minimum atomic E-state index is -1.28. The minimum Gasteiger partial charge on any atom is -0.463 e. The van der Waals surface area contributed by atoms with Gasteiger partial charge < -0.3 is 39.0 Å². The molecule has 14 nitrogen and oxygen atoms in total. The summed E-state index contributed by atoms with van der Waals surface area (Å²) in [7, 11) is 1.35. The molecule has 6 heterocycles. The summed E-state index contributed by atoms with van der Waals surface area (Å²) < 4.78 is 28.2. The Bertz CT molecular complexity index is 3400. The summed E-state index contributed by atoms with van der Waals surface area (Å²) in [5, 5.41) is 2.90. The van der Waals surface area contributed by atoms with E-state index in [-0.39, 0.29) is 12.2 Å². The van der Waals surface area contributed by atoms with Crippen LogP contribution in [-0.2, 0) is 38.1 Å². The molecule has 1 fully saturated rings. The Balaban J connectivity index is 1.13. The fraction of sp³-hybridized carbons (Fsp3) is 0.172. The van der Waals surface area contributed by atoms with Crippen molar-refractivity contribution in [2.45, 2.75) is 51.4 Å². The number of nitrogens with one attached hydrogen (secondary N) is 3. The largest absolute Gasteiger partial charge is 0.463 e. The second-order valence-corrected chi connectivity index (χ2v) is 17.4. The Kier molecular flexibility index (Phi) is 13.3. The SMILES string of the molecule is CO[C@@H]1O[C@H](COC(C)=O)[C@@H](OC(C)=O)[C@H](OC(C)=O)[C@H]1NC(=O)c1ccc(-c2c3nc(c(-c4ccccc4)c4ccc([nH]4)c(-c4ccccc4)c4nc(c(-c5ccccc5)c5ccc2[nH]5)C=C4)C=C3)cc1. The highest BCUT2D eigenvalue weighted by atomic mass is 16.7. The van der Waals surface area contributed by atoms with Crippen LogP contribution in [0, 0.1) is 0 Å². The van der Waals surface area contributed by atoms with Gasteiger partial charge >= 0.3 is 17.9 Å². The molecule has 8 bridgehead atoms. The van der Waals surface area contributed by atoms with Gasteiger partial charge in [-0.2, -0.15) is 0 Å². The van der Waals surface area contributed by atoms with E-state index in [1.807, 2.05) is 91.0 Å². The summed E-state index contributed by atoms with van der Waals surface area (Å²) in [6, 6.07) is 44.7. The summed E-state index contributed by atoms with van der Waals surface area (Å²) in [4.78, 5) is 69.1. The van der Waals surface area contributed by atoms with E-state index in [9.17, 15) is 19.2 Å². The van der Waals surface area contributed by atoms with Crippen molar-refractivity contribution in [3.8, 4) is 44.5 Å². The molecule has 7 aromatic rings. The summed E-state index contributed by atoms with van der Waals surface area (Å²) in [5.74, 6) is -2.58. The summed E-state index contributed by atoms with van der Waals surface area (Å²) in [5.41, 5.74) is 13.9. The third kappa shape index (κ3) is 9.60. The Labute approximate surface area is 414 Å². The summed E-state index contributed by atoms with van der Waals surface area (Å²) >= 11 is 0. The van der Waals surface area contributed by atoms with E-state index in [4.69, 9.17) is 33.7 Å². The molecule has 3 aliphatic heterocycles. The first-order chi connectivity index (χ1) is 35.0. The second-order valence-electron chi connectivity index (χ2n) is 17.4. The van der Waals surface area contributed by atoms with Crippen molar-refractivity contribution in [1.29, 1.82) is 0 Å². The molecular formula is C58H49N5O9. The van der Waals surface area contributed by atoms with Gasteiger partial charge in [0, 0.05) is 77.8 Å². The molecule has 3 aromatic heterocycles. The molecular weight excluding hydrogens is 911 g/mol. The van der Waals surface area contributed by atoms with E-state index in [0.717, 1.165) is 83.7 Å². The Morgan fingerprint density at radius 3 is 1.28 bits per heavy atom. The number of hydrogen-bond donors (Lipinski definition) is 3. The number of carbonyl (C=O) groups excluding carboxylic acids is 4. The van der Waals surface area contributed by atoms with Crippen LogP contribution in [-0.4, -0.2) is 88.1 Å². The number of benzene rings is 4. The Hall–Kier alpha value is -8.72. The molecule has 3 N–H and O–H groups in total. The van der Waals surface area contributed by atoms with Gasteiger partial charge in [0.25, 0.3) is 5.91 Å². The van der Waals surface area contributed by atoms with E-state index >= 15 is 0 Å². The molecule has 4 aromatic carbocycles. The van der Waals surface area contributed by atoms with Crippen LogP contribution >= 0.6 is 0 Å². The van der Waals surface area contributed by atoms with Crippen LogP contribution in [0.25, 0.3) is 90.9 Å². The molecule has 0 unspecified atom stereocenters. The number of carbonyl (C=O) groups is 4. The van der Waals surface area contributed by atoms with Crippen LogP contribution in [0.4, 0.5) is 0 Å². The number of esters is 3. The highest BCUT2D eigenvalue weighted by Gasteiger charge is 2.51. The van der Waals surface area contributed by atoms with Gasteiger partial charge in [-0.25, -0.2) is 9.97 Å². The number of fused-ring (bicyclic) bond motifs is 8. The lowest BCUT2D eigenvalue weighted by molar-refractivity contribution is -0.270. The van der Waals surface area contributed by atoms with Crippen molar-refractivity contribution in [3.05, 3.63) is 168 Å². The van der Waals surface area contributed by atoms with E-state index in [1.165, 1.54) is 27.9 Å². The van der Waals surface area contributed by atoms with Crippen LogP contribution in [0.5, 0.6) is 0 Å². The maximum absolute atomic E-state index is 14.3. The fourth-order valence-corrected chi connectivity index (χ4v) is 9.52. The van der Waals surface area contributed by atoms with Crippen LogP contribution in [0.1, 0.15) is 53.9 Å². The first-order valence-electron chi connectivity index (χ1n) is 23.4. The van der Waals surface area contributed by atoms with E-state index in [2.05, 4.69) is 76.0 Å². The van der Waals surface area contributed by atoms with Crippen molar-refractivity contribution < 1.29 is 42.9 Å². The molecule has 0 saturated carbocycles. The molecule has 360 valence electrons. The number of rotatable bonds is 11. The van der Waals surface area contributed by atoms with E-state index < -0.39 is 54.5 Å². The lowest BCUT2D eigenvalue weighted by atomic mass is 9.95. The third-order valence-electron chi connectivity index (χ3n) is 12.6. The number of hydrogen-bond acceptors (Lipinski definition) is 11. The zero-order valence-electron chi connectivity index (χ0n) is 39.8. The lowest BCUT2D eigenvalue weighted by Gasteiger charge is -2.44. The van der Waals surface area contributed by atoms with Crippen LogP contribution in [0.15, 0.2) is 140 Å². The lowest BCUT2D eigenvalue weighted by Crippen LogP contribution is -2.66. The van der Waals surface area contributed by atoms with Crippen LogP contribution in [0.2, 0.25) is 0 Å². The van der Waals surface area contributed by atoms with Gasteiger partial charge in [-0.1, -0.05) is 103 Å². The fourth-order valence-electron chi connectivity index (χ4n) is 9.52. The van der Waals surface area contributed by atoms with Crippen molar-refractivity contribution >= 4 is 70.2 Å². The van der Waals surface area contributed by atoms with Gasteiger partial charge in [0.15, 0.2) is 18.5 Å². The normalized spacial score (nSPS) is 18.0. The molecule has 0 spiro atoms. The summed E-state index contributed by atoms with van der Waals surface area (Å²) in [6.07, 6.45) is 3.31. The van der Waals surface area contributed by atoms with Gasteiger partial charge in [0.2, 0.25) is 0 Å². The number of nitrogens with zero attached hydrogens (tertiary/aromatic N) is 2. The predicted octanol–water partition coefficient (Wildman–Crippen LogP) is 10.2. The van der Waals surface area contributed by atoms with Gasteiger partial charge in [0.1, 0.15) is 18.8 Å². The smallest absolute Gasteiger partial charge is 0.303 e. The third-order valence-corrected chi connectivity index (χ3v) is 12.6. The zero-order valence-corrected chi connectivity index (χ0v) is 39.8. The number of amides is 1. The molecule has 5 atom stereocenters. The highest BCUT2D eigenvalue weighted by molar-refractivity contribution is 6.00. The minimum absolute atomic E-state index is 0.255.